The highest BCUT2D eigenvalue weighted by Crippen LogP contribution is 2.30. The van der Waals surface area contributed by atoms with Crippen LogP contribution in [0.15, 0.2) is 46.0 Å². The summed E-state index contributed by atoms with van der Waals surface area (Å²) in [7, 11) is 0. The summed E-state index contributed by atoms with van der Waals surface area (Å²) < 4.78 is 38.9. The molecule has 0 aliphatic rings. The van der Waals surface area contributed by atoms with E-state index in [2.05, 4.69) is 26.5 Å². The molecule has 4 nitrogen and oxygen atoms in total. The maximum Gasteiger partial charge on any atom is 0.416 e. The van der Waals surface area contributed by atoms with E-state index in [1.165, 1.54) is 12.3 Å². The minimum absolute atomic E-state index is 0.0840. The Bertz CT molecular complexity index is 787. The van der Waals surface area contributed by atoms with Gasteiger partial charge >= 0.3 is 6.18 Å². The lowest BCUT2D eigenvalue weighted by atomic mass is 10.1. The first-order valence-electron chi connectivity index (χ1n) is 6.37. The van der Waals surface area contributed by atoms with Crippen LogP contribution in [0.25, 0.3) is 0 Å². The molecule has 24 heavy (non-hydrogen) atoms. The lowest BCUT2D eigenvalue weighted by Crippen LogP contribution is -2.18. The molecule has 126 valence electrons. The summed E-state index contributed by atoms with van der Waals surface area (Å²) >= 11 is 5.10. The number of benzene rings is 2. The fourth-order valence-electron chi connectivity index (χ4n) is 1.73. The van der Waals surface area contributed by atoms with Gasteiger partial charge in [-0.3, -0.25) is 4.79 Å². The Morgan fingerprint density at radius 2 is 2.00 bits per heavy atom. The summed E-state index contributed by atoms with van der Waals surface area (Å²) in [6, 6.07) is 7.26. The Labute approximate surface area is 157 Å². The number of hydrogen-bond acceptors (Lipinski definition) is 3. The average molecular weight is 513 g/mol. The second-order valence-corrected chi connectivity index (χ2v) is 6.63. The van der Waals surface area contributed by atoms with Crippen molar-refractivity contribution in [2.24, 2.45) is 5.10 Å². The zero-order valence-corrected chi connectivity index (χ0v) is 15.5. The fourth-order valence-corrected chi connectivity index (χ4v) is 3.23. The zero-order valence-electron chi connectivity index (χ0n) is 11.7. The number of halogens is 5. The number of phenols is 1. The van der Waals surface area contributed by atoms with E-state index < -0.39 is 17.6 Å². The van der Waals surface area contributed by atoms with Gasteiger partial charge in [0.05, 0.1) is 19.8 Å². The minimum atomic E-state index is -4.52. The summed E-state index contributed by atoms with van der Waals surface area (Å²) in [5.41, 5.74) is 1.70. The monoisotopic (exact) mass is 512 g/mol. The Kier molecular flexibility index (Phi) is 5.86. The second kappa shape index (κ2) is 7.51. The van der Waals surface area contributed by atoms with Crippen LogP contribution in [-0.2, 0) is 6.18 Å². The Hall–Kier alpha value is -1.62. The lowest BCUT2D eigenvalue weighted by molar-refractivity contribution is -0.137. The predicted molar refractivity (Wildman–Crippen MR) is 95.0 cm³/mol. The minimum Gasteiger partial charge on any atom is -0.506 e. The number of aromatic hydroxyl groups is 1. The molecule has 0 saturated heterocycles. The van der Waals surface area contributed by atoms with Crippen LogP contribution in [0.5, 0.6) is 5.75 Å². The number of alkyl halides is 3. The van der Waals surface area contributed by atoms with Crippen LogP contribution < -0.4 is 5.43 Å². The van der Waals surface area contributed by atoms with Gasteiger partial charge in [0, 0.05) is 5.56 Å². The highest BCUT2D eigenvalue weighted by atomic mass is 127. The number of phenolic OH excluding ortho intramolecular Hbond substituents is 1. The molecule has 0 unspecified atom stereocenters. The van der Waals surface area contributed by atoms with E-state index in [-0.39, 0.29) is 11.3 Å². The number of carbonyl (C=O) groups is 1. The van der Waals surface area contributed by atoms with Crippen LogP contribution in [-0.4, -0.2) is 17.2 Å². The predicted octanol–water partition coefficient (Wildman–Crippen LogP) is 4.54. The molecule has 2 rings (SSSR count). The van der Waals surface area contributed by atoms with Crippen molar-refractivity contribution in [1.29, 1.82) is 0 Å². The maximum atomic E-state index is 12.6. The maximum absolute atomic E-state index is 12.6. The van der Waals surface area contributed by atoms with Crippen LogP contribution in [0.1, 0.15) is 21.5 Å². The van der Waals surface area contributed by atoms with Gasteiger partial charge in [-0.15, -0.1) is 0 Å². The van der Waals surface area contributed by atoms with Crippen molar-refractivity contribution < 1.29 is 23.1 Å². The normalized spacial score (nSPS) is 11.7. The number of nitrogens with zero attached hydrogens (tertiary/aromatic N) is 1. The number of hydrazone groups is 1. The van der Waals surface area contributed by atoms with E-state index in [0.717, 1.165) is 18.2 Å². The molecule has 0 bridgehead atoms. The SMILES string of the molecule is O=C(N/N=C\c1cc(Br)c(O)c(I)c1)c1cccc(C(F)(F)F)c1. The molecule has 0 aromatic heterocycles. The highest BCUT2D eigenvalue weighted by molar-refractivity contribution is 14.1. The van der Waals surface area contributed by atoms with Gasteiger partial charge < -0.3 is 5.11 Å². The van der Waals surface area contributed by atoms with Gasteiger partial charge in [-0.25, -0.2) is 5.43 Å². The number of amides is 1. The van der Waals surface area contributed by atoms with E-state index in [4.69, 9.17) is 0 Å². The smallest absolute Gasteiger partial charge is 0.416 e. The van der Waals surface area contributed by atoms with Crippen molar-refractivity contribution in [2.45, 2.75) is 6.18 Å². The molecule has 1 amide bonds. The average Bonchev–Trinajstić information content (AvgIpc) is 2.51. The first-order valence-corrected chi connectivity index (χ1v) is 8.24. The molecule has 0 aliphatic heterocycles. The zero-order chi connectivity index (χ0) is 17.9. The van der Waals surface area contributed by atoms with Crippen molar-refractivity contribution in [3.63, 3.8) is 0 Å². The topological polar surface area (TPSA) is 61.7 Å². The molecule has 0 spiro atoms. The van der Waals surface area contributed by atoms with E-state index >= 15 is 0 Å². The van der Waals surface area contributed by atoms with E-state index in [1.54, 1.807) is 12.1 Å². The van der Waals surface area contributed by atoms with Crippen LogP contribution in [0, 0.1) is 3.57 Å². The summed E-state index contributed by atoms with van der Waals surface area (Å²) in [6.07, 6.45) is -3.20. The standard InChI is InChI=1S/C15H9BrF3IN2O2/c16-11-4-8(5-12(20)13(11)23)7-21-22-14(24)9-2-1-3-10(6-9)15(17,18)19/h1-7,23H,(H,22,24)/b21-7-. The van der Waals surface area contributed by atoms with Gasteiger partial charge in [-0.2, -0.15) is 18.3 Å². The summed E-state index contributed by atoms with van der Waals surface area (Å²) in [5, 5.41) is 13.3. The third kappa shape index (κ3) is 4.69. The molecule has 2 aromatic carbocycles. The van der Waals surface area contributed by atoms with Crippen molar-refractivity contribution in [2.75, 3.05) is 0 Å². The third-order valence-electron chi connectivity index (χ3n) is 2.87. The molecule has 0 atom stereocenters. The lowest BCUT2D eigenvalue weighted by Gasteiger charge is -2.07. The van der Waals surface area contributed by atoms with E-state index in [0.29, 0.717) is 13.6 Å². The van der Waals surface area contributed by atoms with Crippen molar-refractivity contribution >= 4 is 50.6 Å². The molecule has 0 fully saturated rings. The Balaban J connectivity index is 2.11. The molecular weight excluding hydrogens is 504 g/mol. The summed E-state index contributed by atoms with van der Waals surface area (Å²) in [5.74, 6) is -0.675. The van der Waals surface area contributed by atoms with Gasteiger partial charge in [-0.1, -0.05) is 6.07 Å². The first-order chi connectivity index (χ1) is 11.2. The molecule has 0 radical (unpaired) electrons. The summed E-state index contributed by atoms with van der Waals surface area (Å²) in [4.78, 5) is 11.9. The van der Waals surface area contributed by atoms with Crippen LogP contribution in [0.3, 0.4) is 0 Å². The van der Waals surface area contributed by atoms with Crippen LogP contribution >= 0.6 is 38.5 Å². The number of carbonyl (C=O) groups excluding carboxylic acids is 1. The van der Waals surface area contributed by atoms with Gasteiger partial charge in [0.1, 0.15) is 5.75 Å². The highest BCUT2D eigenvalue weighted by Gasteiger charge is 2.30. The van der Waals surface area contributed by atoms with Crippen molar-refractivity contribution in [3.05, 3.63) is 61.1 Å². The van der Waals surface area contributed by atoms with E-state index in [1.807, 2.05) is 22.6 Å². The third-order valence-corrected chi connectivity index (χ3v) is 4.30. The Morgan fingerprint density at radius 1 is 1.29 bits per heavy atom. The van der Waals surface area contributed by atoms with Crippen LogP contribution in [0.2, 0.25) is 0 Å². The second-order valence-electron chi connectivity index (χ2n) is 4.61. The van der Waals surface area contributed by atoms with Crippen LogP contribution in [0.4, 0.5) is 13.2 Å². The van der Waals surface area contributed by atoms with Gasteiger partial charge in [0.25, 0.3) is 5.91 Å². The molecule has 0 aliphatic carbocycles. The van der Waals surface area contributed by atoms with E-state index in [9.17, 15) is 23.1 Å². The largest absolute Gasteiger partial charge is 0.506 e. The number of nitrogens with one attached hydrogen (secondary N) is 1. The molecule has 2 N–H and O–H groups in total. The molecule has 0 saturated carbocycles. The van der Waals surface area contributed by atoms with Crippen molar-refractivity contribution in [3.8, 4) is 5.75 Å². The van der Waals surface area contributed by atoms with Gasteiger partial charge in [-0.05, 0) is 74.4 Å². The van der Waals surface area contributed by atoms with Gasteiger partial charge in [0.15, 0.2) is 0 Å². The summed E-state index contributed by atoms with van der Waals surface area (Å²) in [6.45, 7) is 0. The quantitative estimate of drug-likeness (QED) is 0.360. The fraction of sp³-hybridized carbons (Fsp3) is 0.0667. The van der Waals surface area contributed by atoms with Gasteiger partial charge in [0.2, 0.25) is 0 Å². The molecule has 0 heterocycles. The molecule has 2 aromatic rings. The molecular formula is C15H9BrF3IN2O2. The molecule has 9 heteroatoms. The number of hydrogen-bond donors (Lipinski definition) is 2. The number of rotatable bonds is 3. The first kappa shape index (κ1) is 18.7. The van der Waals surface area contributed by atoms with Crippen molar-refractivity contribution in [1.82, 2.24) is 5.43 Å². The Morgan fingerprint density at radius 3 is 2.62 bits per heavy atom.